The van der Waals surface area contributed by atoms with Gasteiger partial charge in [-0.15, -0.1) is 0 Å². The van der Waals surface area contributed by atoms with Gasteiger partial charge < -0.3 is 14.7 Å². The Labute approximate surface area is 134 Å². The Morgan fingerprint density at radius 1 is 1.23 bits per heavy atom. The van der Waals surface area contributed by atoms with Gasteiger partial charge in [-0.05, 0) is 49.4 Å². The van der Waals surface area contributed by atoms with Crippen LogP contribution in [0.5, 0.6) is 11.5 Å². The monoisotopic (exact) mass is 319 g/mol. The molecule has 2 aromatic carbocycles. The van der Waals surface area contributed by atoms with Crippen molar-refractivity contribution in [2.75, 3.05) is 13.6 Å². The summed E-state index contributed by atoms with van der Waals surface area (Å²) in [5.74, 6) is 1.05. The number of halogens is 1. The van der Waals surface area contributed by atoms with Crippen molar-refractivity contribution in [1.82, 2.24) is 4.90 Å². The number of ether oxygens (including phenoxy) is 1. The third-order valence-corrected chi connectivity index (χ3v) is 3.27. The fourth-order valence-electron chi connectivity index (χ4n) is 2.03. The normalized spacial score (nSPS) is 11.8. The molecule has 116 valence electrons. The maximum atomic E-state index is 12.3. The summed E-state index contributed by atoms with van der Waals surface area (Å²) in [6, 6.07) is 13.9. The molecule has 4 nitrogen and oxygen atoms in total. The van der Waals surface area contributed by atoms with Gasteiger partial charge >= 0.3 is 0 Å². The number of hydrogen-bond acceptors (Lipinski definition) is 3. The molecule has 1 unspecified atom stereocenters. The van der Waals surface area contributed by atoms with E-state index >= 15 is 0 Å². The van der Waals surface area contributed by atoms with Gasteiger partial charge in [0.1, 0.15) is 11.5 Å². The Kier molecular flexibility index (Phi) is 5.41. The van der Waals surface area contributed by atoms with Crippen LogP contribution < -0.4 is 4.74 Å². The number of rotatable bonds is 5. The van der Waals surface area contributed by atoms with Crippen molar-refractivity contribution in [3.63, 3.8) is 0 Å². The summed E-state index contributed by atoms with van der Waals surface area (Å²) < 4.78 is 5.71. The molecule has 0 fully saturated rings. The number of amides is 1. The molecule has 0 aliphatic carbocycles. The van der Waals surface area contributed by atoms with Crippen molar-refractivity contribution in [2.24, 2.45) is 0 Å². The summed E-state index contributed by atoms with van der Waals surface area (Å²) in [5, 5.41) is 10.00. The molecule has 0 bridgehead atoms. The lowest BCUT2D eigenvalue weighted by atomic mass is 10.2. The SMILES string of the molecule is CC(O)CN(C)C(=O)c1cccc(Oc2ccc(Cl)cc2)c1. The van der Waals surface area contributed by atoms with Crippen LogP contribution in [0.15, 0.2) is 48.5 Å². The van der Waals surface area contributed by atoms with Crippen LogP contribution in [0.4, 0.5) is 0 Å². The van der Waals surface area contributed by atoms with Crippen LogP contribution in [0.2, 0.25) is 5.02 Å². The molecule has 2 rings (SSSR count). The van der Waals surface area contributed by atoms with Gasteiger partial charge in [-0.2, -0.15) is 0 Å². The van der Waals surface area contributed by atoms with Gasteiger partial charge in [-0.3, -0.25) is 4.79 Å². The van der Waals surface area contributed by atoms with E-state index < -0.39 is 6.10 Å². The molecule has 0 spiro atoms. The predicted molar refractivity (Wildman–Crippen MR) is 86.6 cm³/mol. The first kappa shape index (κ1) is 16.3. The quantitative estimate of drug-likeness (QED) is 0.916. The second-order valence-electron chi connectivity index (χ2n) is 5.12. The van der Waals surface area contributed by atoms with Crippen molar-refractivity contribution in [3.8, 4) is 11.5 Å². The number of hydrogen-bond donors (Lipinski definition) is 1. The molecule has 0 aromatic heterocycles. The van der Waals surface area contributed by atoms with Gasteiger partial charge in [0, 0.05) is 24.2 Å². The molecule has 5 heteroatoms. The van der Waals surface area contributed by atoms with E-state index in [1.165, 1.54) is 4.90 Å². The molecule has 2 aromatic rings. The van der Waals surface area contributed by atoms with Crippen molar-refractivity contribution in [2.45, 2.75) is 13.0 Å². The molecule has 0 heterocycles. The van der Waals surface area contributed by atoms with Crippen LogP contribution >= 0.6 is 11.6 Å². The smallest absolute Gasteiger partial charge is 0.253 e. The molecule has 0 aliphatic rings. The van der Waals surface area contributed by atoms with Gasteiger partial charge in [0.25, 0.3) is 5.91 Å². The van der Waals surface area contributed by atoms with Crippen LogP contribution in [0.3, 0.4) is 0 Å². The maximum Gasteiger partial charge on any atom is 0.253 e. The van der Waals surface area contributed by atoms with E-state index in [-0.39, 0.29) is 12.5 Å². The minimum atomic E-state index is -0.567. The molecule has 0 aliphatic heterocycles. The Hall–Kier alpha value is -2.04. The van der Waals surface area contributed by atoms with Gasteiger partial charge in [0.2, 0.25) is 0 Å². The molecule has 1 atom stereocenters. The fourth-order valence-corrected chi connectivity index (χ4v) is 2.16. The predicted octanol–water partition coefficient (Wildman–Crippen LogP) is 3.59. The van der Waals surface area contributed by atoms with Crippen LogP contribution in [-0.2, 0) is 0 Å². The van der Waals surface area contributed by atoms with Crippen LogP contribution in [0.25, 0.3) is 0 Å². The largest absolute Gasteiger partial charge is 0.457 e. The van der Waals surface area contributed by atoms with E-state index in [4.69, 9.17) is 16.3 Å². The molecule has 1 N–H and O–H groups in total. The van der Waals surface area contributed by atoms with Gasteiger partial charge in [-0.25, -0.2) is 0 Å². The zero-order valence-corrected chi connectivity index (χ0v) is 13.2. The van der Waals surface area contributed by atoms with E-state index in [0.717, 1.165) is 0 Å². The van der Waals surface area contributed by atoms with E-state index in [0.29, 0.717) is 22.1 Å². The molecule has 0 saturated heterocycles. The standard InChI is InChI=1S/C17H18ClNO3/c1-12(20)11-19(2)17(21)13-4-3-5-16(10-13)22-15-8-6-14(18)7-9-15/h3-10,12,20H,11H2,1-2H3. The van der Waals surface area contributed by atoms with Crippen LogP contribution in [0, 0.1) is 0 Å². The Balaban J connectivity index is 2.12. The highest BCUT2D eigenvalue weighted by molar-refractivity contribution is 6.30. The van der Waals surface area contributed by atoms with E-state index in [9.17, 15) is 9.90 Å². The number of benzene rings is 2. The number of carbonyl (C=O) groups is 1. The molecular weight excluding hydrogens is 302 g/mol. The first-order valence-electron chi connectivity index (χ1n) is 6.92. The zero-order chi connectivity index (χ0) is 16.1. The highest BCUT2D eigenvalue weighted by atomic mass is 35.5. The summed E-state index contributed by atoms with van der Waals surface area (Å²) in [5.41, 5.74) is 0.509. The number of aliphatic hydroxyl groups excluding tert-OH is 1. The molecule has 1 amide bonds. The van der Waals surface area contributed by atoms with Gasteiger partial charge in [0.05, 0.1) is 6.10 Å². The number of nitrogens with zero attached hydrogens (tertiary/aromatic N) is 1. The second-order valence-corrected chi connectivity index (χ2v) is 5.55. The Morgan fingerprint density at radius 3 is 2.55 bits per heavy atom. The van der Waals surface area contributed by atoms with Crippen LogP contribution in [-0.4, -0.2) is 35.6 Å². The zero-order valence-electron chi connectivity index (χ0n) is 12.5. The van der Waals surface area contributed by atoms with E-state index in [1.807, 2.05) is 0 Å². The summed E-state index contributed by atoms with van der Waals surface area (Å²) in [7, 11) is 1.65. The van der Waals surface area contributed by atoms with Crippen molar-refractivity contribution in [1.29, 1.82) is 0 Å². The Morgan fingerprint density at radius 2 is 1.91 bits per heavy atom. The van der Waals surface area contributed by atoms with Gasteiger partial charge in [-0.1, -0.05) is 17.7 Å². The van der Waals surface area contributed by atoms with E-state index in [1.54, 1.807) is 62.5 Å². The second kappa shape index (κ2) is 7.29. The Bertz CT molecular complexity index is 641. The molecule has 0 saturated carbocycles. The summed E-state index contributed by atoms with van der Waals surface area (Å²) in [6.07, 6.45) is -0.567. The molecular formula is C17H18ClNO3. The summed E-state index contributed by atoms with van der Waals surface area (Å²) in [4.78, 5) is 13.7. The lowest BCUT2D eigenvalue weighted by molar-refractivity contribution is 0.0703. The lowest BCUT2D eigenvalue weighted by Crippen LogP contribution is -2.32. The van der Waals surface area contributed by atoms with Crippen LogP contribution in [0.1, 0.15) is 17.3 Å². The van der Waals surface area contributed by atoms with Crippen molar-refractivity contribution in [3.05, 3.63) is 59.1 Å². The number of likely N-dealkylation sites (N-methyl/N-ethyl adjacent to an activating group) is 1. The highest BCUT2D eigenvalue weighted by Crippen LogP contribution is 2.24. The molecule has 22 heavy (non-hydrogen) atoms. The average Bonchev–Trinajstić information content (AvgIpc) is 2.48. The third-order valence-electron chi connectivity index (χ3n) is 3.02. The summed E-state index contributed by atoms with van der Waals surface area (Å²) >= 11 is 5.83. The first-order chi connectivity index (χ1) is 10.5. The third kappa shape index (κ3) is 4.48. The van der Waals surface area contributed by atoms with Crippen molar-refractivity contribution < 1.29 is 14.6 Å². The van der Waals surface area contributed by atoms with Crippen molar-refractivity contribution >= 4 is 17.5 Å². The maximum absolute atomic E-state index is 12.3. The number of carbonyl (C=O) groups excluding carboxylic acids is 1. The highest BCUT2D eigenvalue weighted by Gasteiger charge is 2.14. The first-order valence-corrected chi connectivity index (χ1v) is 7.30. The molecule has 0 radical (unpaired) electrons. The average molecular weight is 320 g/mol. The van der Waals surface area contributed by atoms with Gasteiger partial charge in [0.15, 0.2) is 0 Å². The summed E-state index contributed by atoms with van der Waals surface area (Å²) in [6.45, 7) is 1.92. The minimum Gasteiger partial charge on any atom is -0.457 e. The minimum absolute atomic E-state index is 0.164. The topological polar surface area (TPSA) is 49.8 Å². The lowest BCUT2D eigenvalue weighted by Gasteiger charge is -2.19. The van der Waals surface area contributed by atoms with E-state index in [2.05, 4.69) is 0 Å². The number of aliphatic hydroxyl groups is 1. The fraction of sp³-hybridized carbons (Fsp3) is 0.235.